The van der Waals surface area contributed by atoms with Crippen molar-refractivity contribution in [1.82, 2.24) is 5.32 Å². The molecule has 0 aliphatic heterocycles. The lowest BCUT2D eigenvalue weighted by Crippen LogP contribution is -2.42. The molecule has 12 heteroatoms. The highest BCUT2D eigenvalue weighted by atomic mass is 79.9. The number of hydrogen-bond donors (Lipinski definition) is 3. The number of carbonyl (C=O) groups is 3. The van der Waals surface area contributed by atoms with Gasteiger partial charge in [0.1, 0.15) is 9.65 Å². The summed E-state index contributed by atoms with van der Waals surface area (Å²) in [5, 5.41) is 11.0. The molecule has 0 aromatic carbocycles. The lowest BCUT2D eigenvalue weighted by molar-refractivity contribution is -0.138. The minimum absolute atomic E-state index is 0.0200. The van der Waals surface area contributed by atoms with E-state index in [1.807, 2.05) is 0 Å². The van der Waals surface area contributed by atoms with Gasteiger partial charge >= 0.3 is 5.97 Å². The molecule has 27 heavy (non-hydrogen) atoms. The lowest BCUT2D eigenvalue weighted by atomic mass is 10.3. The highest BCUT2D eigenvalue weighted by molar-refractivity contribution is 9.12. The number of nitrogens with one attached hydrogen (secondary N) is 1. The maximum Gasteiger partial charge on any atom is 0.305 e. The highest BCUT2D eigenvalue weighted by Gasteiger charge is 2.27. The van der Waals surface area contributed by atoms with Crippen LogP contribution in [0.15, 0.2) is 0 Å². The zero-order chi connectivity index (χ0) is 20.5. The Balaban J connectivity index is 3.33. The first kappa shape index (κ1) is 26.2. The number of alkyl halides is 2. The molecule has 10 nitrogen and oxygen atoms in total. The van der Waals surface area contributed by atoms with Crippen molar-refractivity contribution in [2.75, 3.05) is 59.4 Å². The van der Waals surface area contributed by atoms with Gasteiger partial charge in [-0.3, -0.25) is 14.4 Å². The molecule has 158 valence electrons. The van der Waals surface area contributed by atoms with Gasteiger partial charge in [-0.1, -0.05) is 31.9 Å². The Morgan fingerprint density at radius 2 is 1.26 bits per heavy atom. The fraction of sp³-hybridized carbons (Fsp3) is 0.800. The molecule has 0 aliphatic carbocycles. The molecule has 0 saturated carbocycles. The Labute approximate surface area is 174 Å². The van der Waals surface area contributed by atoms with Gasteiger partial charge in [0.05, 0.1) is 59.3 Å². The van der Waals surface area contributed by atoms with Crippen LogP contribution in [0.1, 0.15) is 6.42 Å². The quantitative estimate of drug-likeness (QED) is 0.164. The number of rotatable bonds is 18. The standard InChI is InChI=1S/C15H26Br2N2O8/c16-12(14(18)22)13(17)15(23)19-2-4-25-6-8-27-10-9-26-7-5-24-3-1-11(20)21/h12-13H,1-10H2,(H2,18,22)(H,19,23)(H,20,21). The summed E-state index contributed by atoms with van der Waals surface area (Å²) in [6, 6.07) is 0. The molecule has 0 fully saturated rings. The molecule has 0 bridgehead atoms. The van der Waals surface area contributed by atoms with E-state index < -0.39 is 21.5 Å². The van der Waals surface area contributed by atoms with Crippen LogP contribution in [0.25, 0.3) is 0 Å². The van der Waals surface area contributed by atoms with Crippen LogP contribution in [0.4, 0.5) is 0 Å². The van der Waals surface area contributed by atoms with Crippen LogP contribution in [0, 0.1) is 0 Å². The number of halogens is 2. The molecule has 0 radical (unpaired) electrons. The van der Waals surface area contributed by atoms with E-state index >= 15 is 0 Å². The molecule has 0 aromatic rings. The van der Waals surface area contributed by atoms with Gasteiger partial charge in [0.15, 0.2) is 0 Å². The Morgan fingerprint density at radius 1 is 0.815 bits per heavy atom. The summed E-state index contributed by atoms with van der Waals surface area (Å²) < 4.78 is 20.9. The van der Waals surface area contributed by atoms with Crippen LogP contribution >= 0.6 is 31.9 Å². The van der Waals surface area contributed by atoms with E-state index in [0.29, 0.717) is 52.8 Å². The Hall–Kier alpha value is -0.790. The number of carboxylic acid groups (broad SMARTS) is 1. The molecule has 0 rings (SSSR count). The van der Waals surface area contributed by atoms with E-state index in [1.165, 1.54) is 0 Å². The normalized spacial score (nSPS) is 13.1. The Morgan fingerprint density at radius 3 is 1.70 bits per heavy atom. The van der Waals surface area contributed by atoms with E-state index in [9.17, 15) is 14.4 Å². The topological polar surface area (TPSA) is 146 Å². The Bertz CT molecular complexity index is 442. The predicted octanol–water partition coefficient (Wildman–Crippen LogP) is -0.344. The summed E-state index contributed by atoms with van der Waals surface area (Å²) in [6.45, 7) is 3.05. The highest BCUT2D eigenvalue weighted by Crippen LogP contribution is 2.13. The van der Waals surface area contributed by atoms with E-state index in [-0.39, 0.29) is 18.9 Å². The first-order chi connectivity index (χ1) is 12.9. The van der Waals surface area contributed by atoms with E-state index in [1.54, 1.807) is 0 Å². The molecule has 0 spiro atoms. The van der Waals surface area contributed by atoms with Crippen LogP contribution in [0.3, 0.4) is 0 Å². The van der Waals surface area contributed by atoms with Crippen LogP contribution in [0.2, 0.25) is 0 Å². The number of ether oxygens (including phenoxy) is 4. The van der Waals surface area contributed by atoms with Gasteiger partial charge in [-0.15, -0.1) is 0 Å². The molecule has 0 heterocycles. The average molecular weight is 522 g/mol. The van der Waals surface area contributed by atoms with Crippen molar-refractivity contribution in [3.05, 3.63) is 0 Å². The number of aliphatic carboxylic acids is 1. The van der Waals surface area contributed by atoms with Crippen molar-refractivity contribution in [3.63, 3.8) is 0 Å². The van der Waals surface area contributed by atoms with Crippen LogP contribution < -0.4 is 11.1 Å². The smallest absolute Gasteiger partial charge is 0.305 e. The van der Waals surface area contributed by atoms with Crippen molar-refractivity contribution in [3.8, 4) is 0 Å². The van der Waals surface area contributed by atoms with Gasteiger partial charge in [0.25, 0.3) is 0 Å². The van der Waals surface area contributed by atoms with Crippen molar-refractivity contribution in [2.24, 2.45) is 5.73 Å². The minimum atomic E-state index is -0.892. The van der Waals surface area contributed by atoms with E-state index in [4.69, 9.17) is 29.8 Å². The first-order valence-corrected chi connectivity index (χ1v) is 10.1. The van der Waals surface area contributed by atoms with Gasteiger partial charge in [0.2, 0.25) is 11.8 Å². The van der Waals surface area contributed by atoms with Crippen LogP contribution in [-0.4, -0.2) is 91.9 Å². The lowest BCUT2D eigenvalue weighted by Gasteiger charge is -2.13. The molecule has 0 aromatic heterocycles. The number of carboxylic acids is 1. The number of hydrogen-bond acceptors (Lipinski definition) is 7. The largest absolute Gasteiger partial charge is 0.481 e. The first-order valence-electron chi connectivity index (χ1n) is 8.24. The molecule has 2 atom stereocenters. The van der Waals surface area contributed by atoms with Gasteiger partial charge in [-0.05, 0) is 0 Å². The predicted molar refractivity (Wildman–Crippen MR) is 103 cm³/mol. The molecule has 0 saturated heterocycles. The van der Waals surface area contributed by atoms with Gasteiger partial charge in [0, 0.05) is 6.54 Å². The summed E-state index contributed by atoms with van der Waals surface area (Å²) in [5.74, 6) is -1.88. The van der Waals surface area contributed by atoms with Crippen LogP contribution in [-0.2, 0) is 33.3 Å². The Kier molecular flexibility index (Phi) is 16.8. The maximum atomic E-state index is 11.7. The molecule has 4 N–H and O–H groups in total. The third-order valence-corrected chi connectivity index (χ3v) is 5.53. The van der Waals surface area contributed by atoms with Crippen molar-refractivity contribution in [1.29, 1.82) is 0 Å². The van der Waals surface area contributed by atoms with E-state index in [2.05, 4.69) is 37.2 Å². The number of carbonyl (C=O) groups excluding carboxylic acids is 2. The summed E-state index contributed by atoms with van der Waals surface area (Å²) in [7, 11) is 0. The molecule has 2 unspecified atom stereocenters. The second-order valence-electron chi connectivity index (χ2n) is 5.09. The average Bonchev–Trinajstić information content (AvgIpc) is 2.62. The number of nitrogens with two attached hydrogens (primary N) is 1. The SMILES string of the molecule is NC(=O)C(Br)C(Br)C(=O)NCCOCCOCCOCCOCCC(=O)O. The molecule has 2 amide bonds. The van der Waals surface area contributed by atoms with Crippen LogP contribution in [0.5, 0.6) is 0 Å². The molecular formula is C15H26Br2N2O8. The molecular weight excluding hydrogens is 496 g/mol. The zero-order valence-corrected chi connectivity index (χ0v) is 18.0. The third kappa shape index (κ3) is 15.9. The van der Waals surface area contributed by atoms with Gasteiger partial charge < -0.3 is 35.1 Å². The summed E-state index contributed by atoms with van der Waals surface area (Å²) in [4.78, 5) is 31.4. The van der Waals surface area contributed by atoms with Crippen molar-refractivity contribution >= 4 is 49.6 Å². The van der Waals surface area contributed by atoms with Gasteiger partial charge in [-0.25, -0.2) is 0 Å². The fourth-order valence-electron chi connectivity index (χ4n) is 1.54. The second kappa shape index (κ2) is 17.3. The van der Waals surface area contributed by atoms with Crippen molar-refractivity contribution in [2.45, 2.75) is 16.1 Å². The zero-order valence-electron chi connectivity index (χ0n) is 14.9. The van der Waals surface area contributed by atoms with Crippen molar-refractivity contribution < 1.29 is 38.4 Å². The number of primary amides is 1. The monoisotopic (exact) mass is 520 g/mol. The third-order valence-electron chi connectivity index (χ3n) is 2.90. The fourth-order valence-corrected chi connectivity index (χ4v) is 2.20. The van der Waals surface area contributed by atoms with E-state index in [0.717, 1.165) is 0 Å². The summed E-state index contributed by atoms with van der Waals surface area (Å²) in [6.07, 6.45) is -0.0200. The molecule has 0 aliphatic rings. The maximum absolute atomic E-state index is 11.7. The van der Waals surface area contributed by atoms with Gasteiger partial charge in [-0.2, -0.15) is 0 Å². The number of amides is 2. The summed E-state index contributed by atoms with van der Waals surface area (Å²) >= 11 is 6.12. The minimum Gasteiger partial charge on any atom is -0.481 e. The summed E-state index contributed by atoms with van der Waals surface area (Å²) in [5.41, 5.74) is 5.10. The second-order valence-corrected chi connectivity index (χ2v) is 7.06.